The first kappa shape index (κ1) is 20.5. The molecule has 6 nitrogen and oxygen atoms in total. The van der Waals surface area contributed by atoms with Crippen molar-refractivity contribution in [3.8, 4) is 11.5 Å². The molecule has 0 aliphatic carbocycles. The van der Waals surface area contributed by atoms with E-state index in [4.69, 9.17) is 21.1 Å². The molecule has 3 rings (SSSR count). The van der Waals surface area contributed by atoms with Crippen LogP contribution in [0.5, 0.6) is 11.5 Å². The zero-order valence-electron chi connectivity index (χ0n) is 16.3. The Kier molecular flexibility index (Phi) is 7.14. The molecule has 0 radical (unpaired) electrons. The van der Waals surface area contributed by atoms with Crippen molar-refractivity contribution >= 4 is 23.2 Å². The van der Waals surface area contributed by atoms with E-state index < -0.39 is 0 Å². The fourth-order valence-electron chi connectivity index (χ4n) is 3.32. The molecule has 1 heterocycles. The van der Waals surface area contributed by atoms with Gasteiger partial charge in [-0.25, -0.2) is 0 Å². The molecule has 28 heavy (non-hydrogen) atoms. The monoisotopic (exact) mass is 403 g/mol. The van der Waals surface area contributed by atoms with E-state index >= 15 is 0 Å². The summed E-state index contributed by atoms with van der Waals surface area (Å²) < 4.78 is 10.8. The molecule has 2 aromatic rings. The van der Waals surface area contributed by atoms with Crippen LogP contribution < -0.4 is 14.8 Å². The summed E-state index contributed by atoms with van der Waals surface area (Å²) in [6, 6.07) is 13.0. The molecule has 7 heteroatoms. The van der Waals surface area contributed by atoms with E-state index in [9.17, 15) is 4.79 Å². The minimum Gasteiger partial charge on any atom is -0.497 e. The molecule has 1 fully saturated rings. The van der Waals surface area contributed by atoms with Crippen LogP contribution in [0.1, 0.15) is 5.56 Å². The number of carbonyl (C=O) groups is 1. The van der Waals surface area contributed by atoms with Crippen molar-refractivity contribution < 1.29 is 14.3 Å². The number of methoxy groups -OCH3 is 2. The third-order valence-corrected chi connectivity index (χ3v) is 5.06. The quantitative estimate of drug-likeness (QED) is 0.769. The van der Waals surface area contributed by atoms with Gasteiger partial charge in [0.05, 0.1) is 20.8 Å². The number of hydrogen-bond acceptors (Lipinski definition) is 5. The first-order valence-electron chi connectivity index (χ1n) is 9.28. The smallest absolute Gasteiger partial charge is 0.238 e. The molecule has 1 amide bonds. The van der Waals surface area contributed by atoms with Gasteiger partial charge >= 0.3 is 0 Å². The first-order valence-corrected chi connectivity index (χ1v) is 9.66. The van der Waals surface area contributed by atoms with Gasteiger partial charge in [-0.05, 0) is 36.4 Å². The lowest BCUT2D eigenvalue weighted by atomic mass is 10.1. The number of piperazine rings is 1. The molecule has 1 aliphatic rings. The molecule has 150 valence electrons. The number of ether oxygens (including phenoxy) is 2. The predicted octanol–water partition coefficient (Wildman–Crippen LogP) is 3.11. The molecule has 0 bridgehead atoms. The fourth-order valence-corrected chi connectivity index (χ4v) is 3.51. The molecule has 0 unspecified atom stereocenters. The highest BCUT2D eigenvalue weighted by atomic mass is 35.5. The van der Waals surface area contributed by atoms with Crippen LogP contribution in [0.25, 0.3) is 0 Å². The van der Waals surface area contributed by atoms with Gasteiger partial charge in [-0.1, -0.05) is 17.7 Å². The molecular weight excluding hydrogens is 378 g/mol. The van der Waals surface area contributed by atoms with E-state index in [2.05, 4.69) is 15.1 Å². The standard InChI is InChI=1S/C21H26ClN3O3/c1-27-19-6-7-20(28-2)16(12-19)14-24-8-10-25(11-9-24)15-21(26)23-18-5-3-4-17(22)13-18/h3-7,12-13H,8-11,14-15H2,1-2H3,(H,23,26). The van der Waals surface area contributed by atoms with Crippen molar-refractivity contribution in [2.24, 2.45) is 0 Å². The van der Waals surface area contributed by atoms with E-state index in [0.29, 0.717) is 11.6 Å². The molecule has 1 saturated heterocycles. The van der Waals surface area contributed by atoms with Crippen molar-refractivity contribution in [1.82, 2.24) is 9.80 Å². The Morgan fingerprint density at radius 2 is 1.79 bits per heavy atom. The highest BCUT2D eigenvalue weighted by molar-refractivity contribution is 6.30. The lowest BCUT2D eigenvalue weighted by Gasteiger charge is -2.34. The minimum absolute atomic E-state index is 0.0230. The van der Waals surface area contributed by atoms with Crippen molar-refractivity contribution in [2.75, 3.05) is 52.3 Å². The fraction of sp³-hybridized carbons (Fsp3) is 0.381. The Morgan fingerprint density at radius 1 is 1.04 bits per heavy atom. The van der Waals surface area contributed by atoms with Crippen LogP contribution in [-0.2, 0) is 11.3 Å². The van der Waals surface area contributed by atoms with E-state index in [1.165, 1.54) is 0 Å². The number of nitrogens with zero attached hydrogens (tertiary/aromatic N) is 2. The number of rotatable bonds is 7. The van der Waals surface area contributed by atoms with Crippen LogP contribution in [0, 0.1) is 0 Å². The van der Waals surface area contributed by atoms with Crippen LogP contribution in [0.3, 0.4) is 0 Å². The second kappa shape index (κ2) is 9.78. The van der Waals surface area contributed by atoms with Crippen LogP contribution in [0.2, 0.25) is 5.02 Å². The predicted molar refractivity (Wildman–Crippen MR) is 111 cm³/mol. The van der Waals surface area contributed by atoms with Crippen LogP contribution >= 0.6 is 11.6 Å². The van der Waals surface area contributed by atoms with Gasteiger partial charge in [0, 0.05) is 49.0 Å². The van der Waals surface area contributed by atoms with Crippen LogP contribution in [0.15, 0.2) is 42.5 Å². The molecule has 0 spiro atoms. The van der Waals surface area contributed by atoms with Gasteiger partial charge in [0.1, 0.15) is 11.5 Å². The van der Waals surface area contributed by atoms with Gasteiger partial charge in [-0.15, -0.1) is 0 Å². The van der Waals surface area contributed by atoms with Crippen molar-refractivity contribution in [2.45, 2.75) is 6.54 Å². The van der Waals surface area contributed by atoms with E-state index in [1.54, 1.807) is 26.4 Å². The van der Waals surface area contributed by atoms with E-state index in [-0.39, 0.29) is 5.91 Å². The number of benzene rings is 2. The number of amides is 1. The van der Waals surface area contributed by atoms with Crippen molar-refractivity contribution in [3.63, 3.8) is 0 Å². The molecule has 0 atom stereocenters. The van der Waals surface area contributed by atoms with Gasteiger partial charge in [0.15, 0.2) is 0 Å². The zero-order chi connectivity index (χ0) is 19.9. The molecule has 0 aromatic heterocycles. The maximum atomic E-state index is 12.3. The molecule has 2 aromatic carbocycles. The highest BCUT2D eigenvalue weighted by Crippen LogP contribution is 2.25. The summed E-state index contributed by atoms with van der Waals surface area (Å²) in [5.41, 5.74) is 1.83. The number of carbonyl (C=O) groups excluding carboxylic acids is 1. The van der Waals surface area contributed by atoms with E-state index in [0.717, 1.165) is 55.5 Å². The zero-order valence-corrected chi connectivity index (χ0v) is 17.0. The Labute approximate surface area is 171 Å². The first-order chi connectivity index (χ1) is 13.6. The van der Waals surface area contributed by atoms with Crippen LogP contribution in [0.4, 0.5) is 5.69 Å². The second-order valence-corrected chi connectivity index (χ2v) is 7.23. The van der Waals surface area contributed by atoms with Gasteiger partial charge < -0.3 is 14.8 Å². The Hall–Kier alpha value is -2.28. The Balaban J connectivity index is 1.49. The second-order valence-electron chi connectivity index (χ2n) is 6.79. The highest BCUT2D eigenvalue weighted by Gasteiger charge is 2.20. The molecule has 1 N–H and O–H groups in total. The topological polar surface area (TPSA) is 54.0 Å². The average molecular weight is 404 g/mol. The maximum Gasteiger partial charge on any atom is 0.238 e. The summed E-state index contributed by atoms with van der Waals surface area (Å²) in [5, 5.41) is 3.51. The van der Waals surface area contributed by atoms with Gasteiger partial charge in [0.25, 0.3) is 0 Å². The van der Waals surface area contributed by atoms with Crippen molar-refractivity contribution in [1.29, 1.82) is 0 Å². The lowest BCUT2D eigenvalue weighted by molar-refractivity contribution is -0.117. The van der Waals surface area contributed by atoms with Gasteiger partial charge in [-0.3, -0.25) is 14.6 Å². The number of halogens is 1. The third-order valence-electron chi connectivity index (χ3n) is 4.82. The number of nitrogens with one attached hydrogen (secondary N) is 1. The third kappa shape index (κ3) is 5.61. The lowest BCUT2D eigenvalue weighted by Crippen LogP contribution is -2.48. The van der Waals surface area contributed by atoms with E-state index in [1.807, 2.05) is 30.3 Å². The Bertz CT molecular complexity index is 807. The van der Waals surface area contributed by atoms with Gasteiger partial charge in [0.2, 0.25) is 5.91 Å². The molecule has 0 saturated carbocycles. The number of anilines is 1. The molecular formula is C21H26ClN3O3. The average Bonchev–Trinajstić information content (AvgIpc) is 2.69. The van der Waals surface area contributed by atoms with Crippen molar-refractivity contribution in [3.05, 3.63) is 53.1 Å². The minimum atomic E-state index is -0.0230. The normalized spacial score (nSPS) is 15.2. The van der Waals surface area contributed by atoms with Crippen LogP contribution in [-0.4, -0.2) is 62.7 Å². The largest absolute Gasteiger partial charge is 0.497 e. The summed E-state index contributed by atoms with van der Waals surface area (Å²) >= 11 is 5.96. The summed E-state index contributed by atoms with van der Waals surface area (Å²) in [4.78, 5) is 16.8. The van der Waals surface area contributed by atoms with Gasteiger partial charge in [-0.2, -0.15) is 0 Å². The maximum absolute atomic E-state index is 12.3. The molecule has 1 aliphatic heterocycles. The summed E-state index contributed by atoms with van der Waals surface area (Å²) in [5.74, 6) is 1.67. The SMILES string of the molecule is COc1ccc(OC)c(CN2CCN(CC(=O)Nc3cccc(Cl)c3)CC2)c1. The summed E-state index contributed by atoms with van der Waals surface area (Å²) in [6.07, 6.45) is 0. The number of hydrogen-bond donors (Lipinski definition) is 1. The summed E-state index contributed by atoms with van der Waals surface area (Å²) in [6.45, 7) is 4.64. The summed E-state index contributed by atoms with van der Waals surface area (Å²) in [7, 11) is 3.35. The Morgan fingerprint density at radius 3 is 2.46 bits per heavy atom.